The first-order valence-corrected chi connectivity index (χ1v) is 9.76. The van der Waals surface area contributed by atoms with Crippen LogP contribution in [0.25, 0.3) is 11.4 Å². The Balaban J connectivity index is 1.56. The molecule has 1 aliphatic heterocycles. The number of hydrogen-bond donors (Lipinski definition) is 1. The maximum atomic E-state index is 13.9. The Morgan fingerprint density at radius 2 is 1.90 bits per heavy atom. The van der Waals surface area contributed by atoms with Gasteiger partial charge in [0, 0.05) is 49.4 Å². The lowest BCUT2D eigenvalue weighted by molar-refractivity contribution is 0.0186. The molecule has 1 N–H and O–H groups in total. The van der Waals surface area contributed by atoms with Gasteiger partial charge in [0.05, 0.1) is 19.3 Å². The Kier molecular flexibility index (Phi) is 6.07. The minimum Gasteiger partial charge on any atom is -0.379 e. The molecule has 0 radical (unpaired) electrons. The Labute approximate surface area is 169 Å². The van der Waals surface area contributed by atoms with Crippen molar-refractivity contribution in [2.75, 3.05) is 38.2 Å². The number of aryl methyl sites for hydroxylation is 1. The lowest BCUT2D eigenvalue weighted by atomic mass is 10.0. The second kappa shape index (κ2) is 9.07. The summed E-state index contributed by atoms with van der Waals surface area (Å²) >= 11 is 0. The third kappa shape index (κ3) is 4.93. The molecule has 0 saturated carbocycles. The SMILES string of the molecule is Cc1cc(NCC(c2cccc(F)c2)N2CCOCC2)nc(-c2ccncc2)n1. The number of ether oxygens (including phenoxy) is 1. The van der Waals surface area contributed by atoms with E-state index in [9.17, 15) is 4.39 Å². The van der Waals surface area contributed by atoms with E-state index in [1.807, 2.05) is 31.2 Å². The molecule has 3 heterocycles. The fraction of sp³-hybridized carbons (Fsp3) is 0.318. The number of benzene rings is 1. The summed E-state index contributed by atoms with van der Waals surface area (Å²) in [5.41, 5.74) is 2.74. The minimum absolute atomic E-state index is 0.0225. The Morgan fingerprint density at radius 1 is 1.10 bits per heavy atom. The molecule has 0 spiro atoms. The van der Waals surface area contributed by atoms with E-state index >= 15 is 0 Å². The smallest absolute Gasteiger partial charge is 0.161 e. The molecule has 29 heavy (non-hydrogen) atoms. The van der Waals surface area contributed by atoms with Crippen molar-refractivity contribution in [2.45, 2.75) is 13.0 Å². The lowest BCUT2D eigenvalue weighted by Crippen LogP contribution is -2.41. The molecule has 1 unspecified atom stereocenters. The van der Waals surface area contributed by atoms with Gasteiger partial charge in [0.25, 0.3) is 0 Å². The van der Waals surface area contributed by atoms with E-state index < -0.39 is 0 Å². The molecule has 6 nitrogen and oxygen atoms in total. The zero-order chi connectivity index (χ0) is 20.1. The van der Waals surface area contributed by atoms with E-state index in [2.05, 4.69) is 25.2 Å². The highest BCUT2D eigenvalue weighted by atomic mass is 19.1. The molecule has 1 atom stereocenters. The number of morpholine rings is 1. The summed E-state index contributed by atoms with van der Waals surface area (Å²) in [4.78, 5) is 15.6. The van der Waals surface area contributed by atoms with Gasteiger partial charge in [-0.2, -0.15) is 0 Å². The number of pyridine rings is 1. The molecule has 150 valence electrons. The van der Waals surface area contributed by atoms with Gasteiger partial charge in [0.1, 0.15) is 11.6 Å². The predicted molar refractivity (Wildman–Crippen MR) is 110 cm³/mol. The van der Waals surface area contributed by atoms with Crippen molar-refractivity contribution in [1.29, 1.82) is 0 Å². The van der Waals surface area contributed by atoms with Crippen molar-refractivity contribution >= 4 is 5.82 Å². The highest BCUT2D eigenvalue weighted by molar-refractivity contribution is 5.56. The second-order valence-corrected chi connectivity index (χ2v) is 7.05. The Morgan fingerprint density at radius 3 is 2.66 bits per heavy atom. The Bertz CT molecular complexity index is 947. The predicted octanol–water partition coefficient (Wildman–Crippen LogP) is 3.47. The average molecular weight is 393 g/mol. The fourth-order valence-corrected chi connectivity index (χ4v) is 3.55. The first kappa shape index (κ1) is 19.4. The molecule has 1 aliphatic rings. The van der Waals surface area contributed by atoms with Gasteiger partial charge in [-0.05, 0) is 36.8 Å². The summed E-state index contributed by atoms with van der Waals surface area (Å²) in [6.45, 7) is 5.55. The van der Waals surface area contributed by atoms with Crippen LogP contribution < -0.4 is 5.32 Å². The lowest BCUT2D eigenvalue weighted by Gasteiger charge is -2.35. The number of nitrogens with one attached hydrogen (secondary N) is 1. The molecule has 0 bridgehead atoms. The zero-order valence-corrected chi connectivity index (χ0v) is 16.4. The molecule has 0 aliphatic carbocycles. The highest BCUT2D eigenvalue weighted by Crippen LogP contribution is 2.24. The molecule has 2 aromatic heterocycles. The van der Waals surface area contributed by atoms with Gasteiger partial charge < -0.3 is 10.1 Å². The van der Waals surface area contributed by atoms with Crippen molar-refractivity contribution in [3.63, 3.8) is 0 Å². The van der Waals surface area contributed by atoms with Gasteiger partial charge in [-0.1, -0.05) is 12.1 Å². The molecule has 7 heteroatoms. The van der Waals surface area contributed by atoms with E-state index in [0.29, 0.717) is 25.6 Å². The fourth-order valence-electron chi connectivity index (χ4n) is 3.55. The topological polar surface area (TPSA) is 63.2 Å². The minimum atomic E-state index is -0.224. The van der Waals surface area contributed by atoms with Crippen molar-refractivity contribution in [3.05, 3.63) is 71.9 Å². The normalized spacial score (nSPS) is 15.8. The van der Waals surface area contributed by atoms with Gasteiger partial charge in [-0.25, -0.2) is 14.4 Å². The Hall–Kier alpha value is -2.90. The third-order valence-electron chi connectivity index (χ3n) is 4.99. The van der Waals surface area contributed by atoms with Crippen LogP contribution >= 0.6 is 0 Å². The molecule has 4 rings (SSSR count). The van der Waals surface area contributed by atoms with Crippen molar-refractivity contribution in [2.24, 2.45) is 0 Å². The van der Waals surface area contributed by atoms with E-state index in [0.717, 1.165) is 35.7 Å². The van der Waals surface area contributed by atoms with Crippen molar-refractivity contribution in [3.8, 4) is 11.4 Å². The standard InChI is InChI=1S/C22H24FN5O/c1-16-13-21(27-22(26-16)17-5-7-24-8-6-17)25-15-20(28-9-11-29-12-10-28)18-3-2-4-19(23)14-18/h2-8,13-14,20H,9-12,15H2,1H3,(H,25,26,27). The van der Waals surface area contributed by atoms with E-state index in [-0.39, 0.29) is 11.9 Å². The number of rotatable bonds is 6. The first-order chi connectivity index (χ1) is 14.2. The van der Waals surface area contributed by atoms with E-state index in [1.54, 1.807) is 24.5 Å². The van der Waals surface area contributed by atoms with Crippen molar-refractivity contribution < 1.29 is 9.13 Å². The molecular weight excluding hydrogens is 369 g/mol. The molecule has 3 aromatic rings. The number of halogens is 1. The second-order valence-electron chi connectivity index (χ2n) is 7.05. The van der Waals surface area contributed by atoms with Gasteiger partial charge in [-0.3, -0.25) is 9.88 Å². The van der Waals surface area contributed by atoms with Gasteiger partial charge in [0.15, 0.2) is 5.82 Å². The maximum Gasteiger partial charge on any atom is 0.161 e. The molecule has 1 saturated heterocycles. The van der Waals surface area contributed by atoms with Crippen LogP contribution in [-0.4, -0.2) is 52.7 Å². The maximum absolute atomic E-state index is 13.9. The van der Waals surface area contributed by atoms with Crippen LogP contribution in [0.2, 0.25) is 0 Å². The van der Waals surface area contributed by atoms with Crippen LogP contribution in [0.15, 0.2) is 54.9 Å². The summed E-state index contributed by atoms with van der Waals surface area (Å²) in [6, 6.07) is 12.5. The quantitative estimate of drug-likeness (QED) is 0.692. The van der Waals surface area contributed by atoms with Crippen LogP contribution in [0, 0.1) is 12.7 Å². The first-order valence-electron chi connectivity index (χ1n) is 9.76. The summed E-state index contributed by atoms with van der Waals surface area (Å²) in [5.74, 6) is 1.18. The van der Waals surface area contributed by atoms with Gasteiger partial charge >= 0.3 is 0 Å². The van der Waals surface area contributed by atoms with E-state index in [1.165, 1.54) is 6.07 Å². The molecule has 1 fully saturated rings. The van der Waals surface area contributed by atoms with Crippen LogP contribution in [-0.2, 0) is 4.74 Å². The monoisotopic (exact) mass is 393 g/mol. The molecule has 1 aromatic carbocycles. The van der Waals surface area contributed by atoms with Crippen LogP contribution in [0.3, 0.4) is 0 Å². The summed E-state index contributed by atoms with van der Waals surface area (Å²) in [6.07, 6.45) is 3.46. The third-order valence-corrected chi connectivity index (χ3v) is 4.99. The zero-order valence-electron chi connectivity index (χ0n) is 16.4. The van der Waals surface area contributed by atoms with Crippen LogP contribution in [0.4, 0.5) is 10.2 Å². The summed E-state index contributed by atoms with van der Waals surface area (Å²) in [5, 5.41) is 3.44. The van der Waals surface area contributed by atoms with Crippen LogP contribution in [0.1, 0.15) is 17.3 Å². The van der Waals surface area contributed by atoms with Gasteiger partial charge in [0.2, 0.25) is 0 Å². The van der Waals surface area contributed by atoms with Crippen molar-refractivity contribution in [1.82, 2.24) is 19.9 Å². The number of nitrogens with zero attached hydrogens (tertiary/aromatic N) is 4. The molecule has 0 amide bonds. The van der Waals surface area contributed by atoms with Gasteiger partial charge in [-0.15, -0.1) is 0 Å². The largest absolute Gasteiger partial charge is 0.379 e. The highest BCUT2D eigenvalue weighted by Gasteiger charge is 2.23. The number of hydrogen-bond acceptors (Lipinski definition) is 6. The van der Waals surface area contributed by atoms with E-state index in [4.69, 9.17) is 4.74 Å². The summed E-state index contributed by atoms with van der Waals surface area (Å²) < 4.78 is 19.4. The number of anilines is 1. The van der Waals surface area contributed by atoms with Crippen LogP contribution in [0.5, 0.6) is 0 Å². The summed E-state index contributed by atoms with van der Waals surface area (Å²) in [7, 11) is 0. The molecular formula is C22H24FN5O. The average Bonchev–Trinajstić information content (AvgIpc) is 2.75. The number of aromatic nitrogens is 3.